The molecule has 3 aromatic carbocycles. The van der Waals surface area contributed by atoms with Crippen LogP contribution in [0.1, 0.15) is 19.4 Å². The Hall–Kier alpha value is -3.92. The van der Waals surface area contributed by atoms with Crippen LogP contribution in [0.2, 0.25) is 0 Å². The summed E-state index contributed by atoms with van der Waals surface area (Å²) in [5, 5.41) is 7.02. The standard InChI is InChI=1S/C26H27N3O6S/c1-26(2)25(30)29-24-19(15-28(29)21-8-6-7-9-22(21)33-3)17(12-13-20(24)27-26)18-11-10-16(14-23(18)34-4)35-36(5,31)32/h6-14,27H,15H2,1-5H3. The summed E-state index contributed by atoms with van der Waals surface area (Å²) in [5.74, 6) is 1.16. The van der Waals surface area contributed by atoms with Gasteiger partial charge in [0.25, 0.3) is 5.91 Å². The fourth-order valence-corrected chi connectivity index (χ4v) is 5.21. The molecule has 1 amide bonds. The molecular formula is C26H27N3O6S. The highest BCUT2D eigenvalue weighted by Crippen LogP contribution is 2.51. The fourth-order valence-electron chi connectivity index (χ4n) is 4.76. The van der Waals surface area contributed by atoms with Crippen molar-refractivity contribution in [1.82, 2.24) is 0 Å². The highest BCUT2D eigenvalue weighted by Gasteiger charge is 2.47. The first-order chi connectivity index (χ1) is 17.0. The number of benzene rings is 3. The van der Waals surface area contributed by atoms with Crippen LogP contribution >= 0.6 is 0 Å². The lowest BCUT2D eigenvalue weighted by Crippen LogP contribution is -2.57. The number of hydrogen-bond acceptors (Lipinski definition) is 8. The van der Waals surface area contributed by atoms with Crippen LogP contribution in [0.5, 0.6) is 17.2 Å². The molecule has 9 nitrogen and oxygen atoms in total. The van der Waals surface area contributed by atoms with Crippen molar-refractivity contribution in [3.63, 3.8) is 0 Å². The fraction of sp³-hybridized carbons (Fsp3) is 0.269. The summed E-state index contributed by atoms with van der Waals surface area (Å²) in [4.78, 5) is 13.7. The Balaban J connectivity index is 1.69. The minimum Gasteiger partial charge on any atom is -0.496 e. The first kappa shape index (κ1) is 23.8. The summed E-state index contributed by atoms with van der Waals surface area (Å²) in [6.07, 6.45) is 0.990. The van der Waals surface area contributed by atoms with E-state index in [0.717, 1.165) is 40.0 Å². The molecule has 0 aromatic heterocycles. The van der Waals surface area contributed by atoms with Crippen molar-refractivity contribution >= 4 is 33.1 Å². The molecule has 0 saturated carbocycles. The largest absolute Gasteiger partial charge is 0.496 e. The Kier molecular flexibility index (Phi) is 5.51. The van der Waals surface area contributed by atoms with E-state index in [1.807, 2.05) is 55.3 Å². The zero-order valence-electron chi connectivity index (χ0n) is 20.7. The summed E-state index contributed by atoms with van der Waals surface area (Å²) in [6.45, 7) is 4.12. The number of ether oxygens (including phenoxy) is 2. The molecule has 0 bridgehead atoms. The molecule has 0 radical (unpaired) electrons. The normalized spacial score (nSPS) is 15.9. The van der Waals surface area contributed by atoms with Gasteiger partial charge in [-0.25, -0.2) is 5.01 Å². The molecule has 10 heteroatoms. The Labute approximate surface area is 210 Å². The van der Waals surface area contributed by atoms with Crippen LogP contribution in [0.15, 0.2) is 54.6 Å². The number of methoxy groups -OCH3 is 2. The smallest absolute Gasteiger partial charge is 0.306 e. The van der Waals surface area contributed by atoms with Crippen LogP contribution in [-0.4, -0.2) is 40.3 Å². The van der Waals surface area contributed by atoms with Crippen molar-refractivity contribution < 1.29 is 26.9 Å². The lowest BCUT2D eigenvalue weighted by molar-refractivity contribution is -0.122. The number of hydrogen-bond donors (Lipinski definition) is 1. The third-order valence-corrected chi connectivity index (χ3v) is 6.79. The SMILES string of the molecule is COc1cc(OS(C)(=O)=O)ccc1-c1ccc2c3c1CN(c1ccccc1OC)N3C(=O)C(C)(C)N2. The Morgan fingerprint density at radius 1 is 0.944 bits per heavy atom. The van der Waals surface area contributed by atoms with E-state index in [-0.39, 0.29) is 11.7 Å². The van der Waals surface area contributed by atoms with E-state index in [1.54, 1.807) is 30.3 Å². The molecule has 188 valence electrons. The first-order valence-corrected chi connectivity index (χ1v) is 13.1. The molecule has 0 fully saturated rings. The number of carbonyl (C=O) groups excluding carboxylic acids is 1. The number of amides is 1. The van der Waals surface area contributed by atoms with E-state index in [0.29, 0.717) is 18.0 Å². The zero-order valence-corrected chi connectivity index (χ0v) is 21.5. The molecule has 5 rings (SSSR count). The Morgan fingerprint density at radius 3 is 2.33 bits per heavy atom. The van der Waals surface area contributed by atoms with Gasteiger partial charge in [-0.3, -0.25) is 9.80 Å². The molecule has 0 unspecified atom stereocenters. The lowest BCUT2D eigenvalue weighted by atomic mass is 9.93. The van der Waals surface area contributed by atoms with Gasteiger partial charge in [-0.2, -0.15) is 8.42 Å². The number of para-hydroxylation sites is 2. The highest BCUT2D eigenvalue weighted by atomic mass is 32.2. The zero-order chi connectivity index (χ0) is 25.8. The minimum absolute atomic E-state index is 0.0966. The van der Waals surface area contributed by atoms with Gasteiger partial charge in [-0.1, -0.05) is 18.2 Å². The van der Waals surface area contributed by atoms with Gasteiger partial charge in [0.2, 0.25) is 0 Å². The van der Waals surface area contributed by atoms with Crippen LogP contribution in [0.25, 0.3) is 11.1 Å². The monoisotopic (exact) mass is 509 g/mol. The van der Waals surface area contributed by atoms with Crippen LogP contribution < -0.4 is 29.0 Å². The van der Waals surface area contributed by atoms with E-state index < -0.39 is 15.7 Å². The average Bonchev–Trinajstić information content (AvgIpc) is 3.23. The van der Waals surface area contributed by atoms with Crippen molar-refractivity contribution in [1.29, 1.82) is 0 Å². The number of anilines is 3. The molecule has 0 atom stereocenters. The van der Waals surface area contributed by atoms with Crippen molar-refractivity contribution in [2.45, 2.75) is 25.9 Å². The molecule has 36 heavy (non-hydrogen) atoms. The molecule has 2 aliphatic rings. The van der Waals surface area contributed by atoms with Crippen molar-refractivity contribution in [3.8, 4) is 28.4 Å². The van der Waals surface area contributed by atoms with Gasteiger partial charge in [0.1, 0.15) is 28.5 Å². The van der Waals surface area contributed by atoms with Crippen LogP contribution in [-0.2, 0) is 21.5 Å². The van der Waals surface area contributed by atoms with Crippen molar-refractivity contribution in [2.75, 3.05) is 35.8 Å². The van der Waals surface area contributed by atoms with Gasteiger partial charge in [-0.15, -0.1) is 0 Å². The lowest BCUT2D eigenvalue weighted by Gasteiger charge is -2.41. The number of rotatable bonds is 6. The molecule has 0 saturated heterocycles. The third-order valence-electron chi connectivity index (χ3n) is 6.29. The van der Waals surface area contributed by atoms with E-state index >= 15 is 0 Å². The number of nitrogens with one attached hydrogen (secondary N) is 1. The van der Waals surface area contributed by atoms with Crippen molar-refractivity contribution in [2.24, 2.45) is 0 Å². The second-order valence-corrected chi connectivity index (χ2v) is 10.8. The minimum atomic E-state index is -3.69. The Morgan fingerprint density at radius 2 is 1.64 bits per heavy atom. The molecule has 2 heterocycles. The molecule has 1 N–H and O–H groups in total. The average molecular weight is 510 g/mol. The summed E-state index contributed by atoms with van der Waals surface area (Å²) in [7, 11) is -0.566. The predicted molar refractivity (Wildman–Crippen MR) is 138 cm³/mol. The summed E-state index contributed by atoms with van der Waals surface area (Å²) < 4.78 is 39.5. The maximum atomic E-state index is 13.7. The number of carbonyl (C=O) groups is 1. The van der Waals surface area contributed by atoms with Gasteiger partial charge < -0.3 is 19.0 Å². The number of nitrogens with zero attached hydrogens (tertiary/aromatic N) is 2. The van der Waals surface area contributed by atoms with Crippen LogP contribution in [0, 0.1) is 0 Å². The second kappa shape index (κ2) is 8.34. The van der Waals surface area contributed by atoms with E-state index in [2.05, 4.69) is 5.32 Å². The van der Waals surface area contributed by atoms with Gasteiger partial charge in [0.05, 0.1) is 38.4 Å². The third kappa shape index (κ3) is 3.87. The molecule has 0 aliphatic carbocycles. The highest BCUT2D eigenvalue weighted by molar-refractivity contribution is 7.86. The summed E-state index contributed by atoms with van der Waals surface area (Å²) in [5.41, 5.74) is 4.07. The second-order valence-electron chi connectivity index (χ2n) is 9.23. The first-order valence-electron chi connectivity index (χ1n) is 11.3. The van der Waals surface area contributed by atoms with E-state index in [1.165, 1.54) is 7.11 Å². The molecular weight excluding hydrogens is 482 g/mol. The maximum absolute atomic E-state index is 13.7. The van der Waals surface area contributed by atoms with Gasteiger partial charge >= 0.3 is 10.1 Å². The summed E-state index contributed by atoms with van der Waals surface area (Å²) in [6, 6.07) is 16.4. The van der Waals surface area contributed by atoms with Crippen LogP contribution in [0.3, 0.4) is 0 Å². The topological polar surface area (TPSA) is 97.4 Å². The van der Waals surface area contributed by atoms with Gasteiger partial charge in [0, 0.05) is 17.2 Å². The Bertz CT molecular complexity index is 1480. The van der Waals surface area contributed by atoms with Crippen molar-refractivity contribution in [3.05, 3.63) is 60.2 Å². The van der Waals surface area contributed by atoms with Crippen LogP contribution in [0.4, 0.5) is 17.1 Å². The quantitative estimate of drug-likeness (QED) is 0.495. The predicted octanol–water partition coefficient (Wildman–Crippen LogP) is 4.18. The number of hydrazine groups is 1. The van der Waals surface area contributed by atoms with Gasteiger partial charge in [-0.05, 0) is 49.7 Å². The van der Waals surface area contributed by atoms with E-state index in [9.17, 15) is 13.2 Å². The van der Waals surface area contributed by atoms with E-state index in [4.69, 9.17) is 13.7 Å². The van der Waals surface area contributed by atoms with Gasteiger partial charge in [0.15, 0.2) is 0 Å². The molecule has 0 spiro atoms. The summed E-state index contributed by atoms with van der Waals surface area (Å²) >= 11 is 0. The maximum Gasteiger partial charge on any atom is 0.306 e. The molecule has 2 aliphatic heterocycles. The molecule has 3 aromatic rings.